The lowest BCUT2D eigenvalue weighted by Gasteiger charge is -2.12. The first-order valence-electron chi connectivity index (χ1n) is 5.06. The highest BCUT2D eigenvalue weighted by Crippen LogP contribution is 2.23. The Morgan fingerprint density at radius 2 is 2.13 bits per heavy atom. The molecule has 0 aliphatic rings. The molecule has 1 atom stereocenters. The van der Waals surface area contributed by atoms with Gasteiger partial charge in [-0.1, -0.05) is 36.4 Å². The third-order valence-electron chi connectivity index (χ3n) is 2.47. The van der Waals surface area contributed by atoms with Gasteiger partial charge >= 0.3 is 5.97 Å². The second kappa shape index (κ2) is 5.35. The number of aliphatic carboxylic acids is 1. The fraction of sp³-hybridized carbons (Fsp3) is 0.308. The maximum absolute atomic E-state index is 11.1. The number of carboxylic acids is 1. The maximum Gasteiger partial charge on any atom is 0.311 e. The minimum Gasteiger partial charge on any atom is -0.481 e. The van der Waals surface area contributed by atoms with Crippen LogP contribution < -0.4 is 0 Å². The second-order valence-corrected chi connectivity index (χ2v) is 3.55. The molecule has 2 nitrogen and oxygen atoms in total. The molecule has 80 valence electrons. The van der Waals surface area contributed by atoms with E-state index in [1.165, 1.54) is 0 Å². The fourth-order valence-electron chi connectivity index (χ4n) is 1.61. The van der Waals surface area contributed by atoms with Gasteiger partial charge < -0.3 is 5.11 Å². The molecule has 0 aliphatic heterocycles. The minimum atomic E-state index is -0.762. The zero-order valence-electron chi connectivity index (χ0n) is 9.10. The van der Waals surface area contributed by atoms with Gasteiger partial charge in [-0.2, -0.15) is 0 Å². The molecule has 1 unspecified atom stereocenters. The van der Waals surface area contributed by atoms with E-state index >= 15 is 0 Å². The van der Waals surface area contributed by atoms with Gasteiger partial charge in [-0.05, 0) is 31.4 Å². The quantitative estimate of drug-likeness (QED) is 0.765. The van der Waals surface area contributed by atoms with Crippen LogP contribution in [0.1, 0.15) is 30.4 Å². The molecule has 1 rings (SSSR count). The molecule has 1 aromatic carbocycles. The number of hydrogen-bond donors (Lipinski definition) is 1. The van der Waals surface area contributed by atoms with Crippen LogP contribution in [0.15, 0.2) is 36.4 Å². The number of benzene rings is 1. The Morgan fingerprint density at radius 1 is 1.47 bits per heavy atom. The van der Waals surface area contributed by atoms with Gasteiger partial charge in [0.1, 0.15) is 0 Å². The lowest BCUT2D eigenvalue weighted by molar-refractivity contribution is -0.138. The molecule has 0 spiro atoms. The van der Waals surface area contributed by atoms with E-state index in [0.29, 0.717) is 6.42 Å². The van der Waals surface area contributed by atoms with E-state index in [4.69, 9.17) is 5.11 Å². The lowest BCUT2D eigenvalue weighted by Crippen LogP contribution is -2.12. The summed E-state index contributed by atoms with van der Waals surface area (Å²) >= 11 is 0. The van der Waals surface area contributed by atoms with Crippen molar-refractivity contribution in [2.45, 2.75) is 26.2 Å². The molecule has 0 fully saturated rings. The highest BCUT2D eigenvalue weighted by Gasteiger charge is 2.19. The van der Waals surface area contributed by atoms with Gasteiger partial charge in [0.15, 0.2) is 0 Å². The number of allylic oxidation sites excluding steroid dienone is 2. The van der Waals surface area contributed by atoms with Gasteiger partial charge in [0.25, 0.3) is 0 Å². The van der Waals surface area contributed by atoms with Crippen molar-refractivity contribution in [3.8, 4) is 0 Å². The Hall–Kier alpha value is -1.57. The largest absolute Gasteiger partial charge is 0.481 e. The molecule has 0 bridgehead atoms. The van der Waals surface area contributed by atoms with Crippen LogP contribution in [0.2, 0.25) is 0 Å². The summed E-state index contributed by atoms with van der Waals surface area (Å²) in [7, 11) is 0. The molecule has 0 aliphatic carbocycles. The van der Waals surface area contributed by atoms with Crippen molar-refractivity contribution in [3.63, 3.8) is 0 Å². The van der Waals surface area contributed by atoms with Gasteiger partial charge in [0.2, 0.25) is 0 Å². The average Bonchev–Trinajstić information content (AvgIpc) is 2.20. The zero-order chi connectivity index (χ0) is 11.3. The molecule has 0 aromatic heterocycles. The third kappa shape index (κ3) is 2.94. The number of hydrogen-bond acceptors (Lipinski definition) is 1. The summed E-state index contributed by atoms with van der Waals surface area (Å²) in [6.07, 6.45) is 4.33. The first-order chi connectivity index (χ1) is 7.16. The first-order valence-corrected chi connectivity index (χ1v) is 5.06. The van der Waals surface area contributed by atoms with E-state index in [1.54, 1.807) is 0 Å². The van der Waals surface area contributed by atoms with Gasteiger partial charge in [0, 0.05) is 0 Å². The van der Waals surface area contributed by atoms with E-state index in [0.717, 1.165) is 11.1 Å². The predicted octanol–water partition coefficient (Wildman–Crippen LogP) is 3.13. The maximum atomic E-state index is 11.1. The van der Waals surface area contributed by atoms with E-state index in [9.17, 15) is 4.79 Å². The van der Waals surface area contributed by atoms with Crippen LogP contribution >= 0.6 is 0 Å². The summed E-state index contributed by atoms with van der Waals surface area (Å²) in [6.45, 7) is 3.84. The normalized spacial score (nSPS) is 12.9. The summed E-state index contributed by atoms with van der Waals surface area (Å²) in [4.78, 5) is 11.1. The number of rotatable bonds is 4. The highest BCUT2D eigenvalue weighted by atomic mass is 16.4. The molecule has 0 radical (unpaired) electrons. The molecule has 0 heterocycles. The second-order valence-electron chi connectivity index (χ2n) is 3.55. The predicted molar refractivity (Wildman–Crippen MR) is 61.0 cm³/mol. The Kier molecular flexibility index (Phi) is 4.10. The van der Waals surface area contributed by atoms with E-state index < -0.39 is 11.9 Å². The van der Waals surface area contributed by atoms with Crippen molar-refractivity contribution in [2.24, 2.45) is 0 Å². The summed E-state index contributed by atoms with van der Waals surface area (Å²) in [6, 6.07) is 7.64. The van der Waals surface area contributed by atoms with Crippen molar-refractivity contribution in [1.29, 1.82) is 0 Å². The van der Waals surface area contributed by atoms with Gasteiger partial charge in [-0.3, -0.25) is 4.79 Å². The molecular formula is C13H16O2. The van der Waals surface area contributed by atoms with Crippen molar-refractivity contribution in [2.75, 3.05) is 0 Å². The topological polar surface area (TPSA) is 37.3 Å². The molecule has 0 saturated heterocycles. The number of carboxylic acid groups (broad SMARTS) is 1. The Bertz CT molecular complexity index is 367. The van der Waals surface area contributed by atoms with Crippen LogP contribution in [0, 0.1) is 6.92 Å². The standard InChI is InChI=1S/C13H16O2/c1-3-4-8-12(13(14)15)11-9-6-5-7-10(11)2/h3-7,9,12H,8H2,1-2H3,(H,14,15). The van der Waals surface area contributed by atoms with E-state index in [1.807, 2.05) is 50.3 Å². The molecule has 0 saturated carbocycles. The third-order valence-corrected chi connectivity index (χ3v) is 2.47. The monoisotopic (exact) mass is 204 g/mol. The molecule has 0 amide bonds. The molecule has 2 heteroatoms. The summed E-state index contributed by atoms with van der Waals surface area (Å²) in [5, 5.41) is 9.14. The van der Waals surface area contributed by atoms with E-state index in [2.05, 4.69) is 0 Å². The Morgan fingerprint density at radius 3 is 2.67 bits per heavy atom. The first kappa shape index (κ1) is 11.5. The van der Waals surface area contributed by atoms with Crippen molar-refractivity contribution >= 4 is 5.97 Å². The number of carbonyl (C=O) groups is 1. The highest BCUT2D eigenvalue weighted by molar-refractivity contribution is 5.76. The average molecular weight is 204 g/mol. The van der Waals surface area contributed by atoms with Crippen LogP contribution in [0.4, 0.5) is 0 Å². The summed E-state index contributed by atoms with van der Waals surface area (Å²) in [5.74, 6) is -1.19. The molecule has 1 aromatic rings. The summed E-state index contributed by atoms with van der Waals surface area (Å²) in [5.41, 5.74) is 1.94. The molecular weight excluding hydrogens is 188 g/mol. The van der Waals surface area contributed by atoms with Gasteiger partial charge in [-0.15, -0.1) is 0 Å². The van der Waals surface area contributed by atoms with Gasteiger partial charge in [0.05, 0.1) is 5.92 Å². The van der Waals surface area contributed by atoms with Gasteiger partial charge in [-0.25, -0.2) is 0 Å². The van der Waals surface area contributed by atoms with Crippen LogP contribution in [-0.2, 0) is 4.79 Å². The molecule has 1 N–H and O–H groups in total. The van der Waals surface area contributed by atoms with Crippen LogP contribution in [0.5, 0.6) is 0 Å². The lowest BCUT2D eigenvalue weighted by atomic mass is 9.92. The van der Waals surface area contributed by atoms with Crippen LogP contribution in [0.3, 0.4) is 0 Å². The molecule has 15 heavy (non-hydrogen) atoms. The summed E-state index contributed by atoms with van der Waals surface area (Å²) < 4.78 is 0. The minimum absolute atomic E-state index is 0.428. The number of aryl methyl sites for hydroxylation is 1. The smallest absolute Gasteiger partial charge is 0.311 e. The van der Waals surface area contributed by atoms with E-state index in [-0.39, 0.29) is 0 Å². The van der Waals surface area contributed by atoms with Crippen molar-refractivity contribution in [1.82, 2.24) is 0 Å². The van der Waals surface area contributed by atoms with Crippen LogP contribution in [0.25, 0.3) is 0 Å². The zero-order valence-corrected chi connectivity index (χ0v) is 9.10. The fourth-order valence-corrected chi connectivity index (χ4v) is 1.61. The Balaban J connectivity index is 2.99. The SMILES string of the molecule is CC=CCC(C(=O)O)c1ccccc1C. The Labute approximate surface area is 90.3 Å². The van der Waals surface area contributed by atoms with Crippen molar-refractivity contribution < 1.29 is 9.90 Å². The van der Waals surface area contributed by atoms with Crippen molar-refractivity contribution in [3.05, 3.63) is 47.5 Å². The van der Waals surface area contributed by atoms with Crippen LogP contribution in [-0.4, -0.2) is 11.1 Å².